The molecule has 0 saturated heterocycles. The highest BCUT2D eigenvalue weighted by atomic mass is 14.9. The fourth-order valence-corrected chi connectivity index (χ4v) is 2.55. The van der Waals surface area contributed by atoms with Gasteiger partial charge >= 0.3 is 0 Å². The molecule has 0 fully saturated rings. The number of rotatable bonds is 3. The second-order valence-electron chi connectivity index (χ2n) is 5.37. The van der Waals surface area contributed by atoms with Gasteiger partial charge in [0.25, 0.3) is 0 Å². The van der Waals surface area contributed by atoms with E-state index in [1.165, 1.54) is 22.3 Å². The van der Waals surface area contributed by atoms with Crippen LogP contribution >= 0.6 is 0 Å². The Morgan fingerprint density at radius 3 is 2.20 bits per heavy atom. The summed E-state index contributed by atoms with van der Waals surface area (Å²) in [5.74, 6) is 0. The SMILES string of the molecule is Cc1cc(C)c(CNc2cc(C#N)ccc2C)c(C)c1. The molecule has 102 valence electrons. The van der Waals surface area contributed by atoms with Crippen molar-refractivity contribution in [3.8, 4) is 6.07 Å². The van der Waals surface area contributed by atoms with Crippen molar-refractivity contribution in [1.82, 2.24) is 0 Å². The lowest BCUT2D eigenvalue weighted by molar-refractivity contribution is 1.08. The zero-order valence-electron chi connectivity index (χ0n) is 12.5. The topological polar surface area (TPSA) is 35.8 Å². The molecule has 2 aromatic carbocycles. The van der Waals surface area contributed by atoms with Gasteiger partial charge in [0.05, 0.1) is 11.6 Å². The lowest BCUT2D eigenvalue weighted by atomic mass is 9.99. The fourth-order valence-electron chi connectivity index (χ4n) is 2.55. The zero-order chi connectivity index (χ0) is 14.7. The Labute approximate surface area is 121 Å². The first kappa shape index (κ1) is 14.1. The van der Waals surface area contributed by atoms with Gasteiger partial charge in [0.15, 0.2) is 0 Å². The number of anilines is 1. The highest BCUT2D eigenvalue weighted by Crippen LogP contribution is 2.21. The molecule has 0 amide bonds. The lowest BCUT2D eigenvalue weighted by Gasteiger charge is -2.14. The second-order valence-corrected chi connectivity index (χ2v) is 5.37. The maximum Gasteiger partial charge on any atom is 0.0992 e. The lowest BCUT2D eigenvalue weighted by Crippen LogP contribution is -2.05. The van der Waals surface area contributed by atoms with Gasteiger partial charge in [-0.25, -0.2) is 0 Å². The van der Waals surface area contributed by atoms with E-state index in [0.717, 1.165) is 17.8 Å². The third-order valence-corrected chi connectivity index (χ3v) is 3.66. The van der Waals surface area contributed by atoms with Crippen molar-refractivity contribution in [2.24, 2.45) is 0 Å². The van der Waals surface area contributed by atoms with Crippen LogP contribution in [-0.2, 0) is 6.54 Å². The van der Waals surface area contributed by atoms with E-state index in [9.17, 15) is 0 Å². The van der Waals surface area contributed by atoms with Gasteiger partial charge in [-0.3, -0.25) is 0 Å². The molecule has 2 aromatic rings. The van der Waals surface area contributed by atoms with Crippen LogP contribution in [0.15, 0.2) is 30.3 Å². The molecule has 0 radical (unpaired) electrons. The standard InChI is InChI=1S/C18H20N2/c1-12-7-14(3)17(15(4)8-12)11-20-18-9-16(10-19)6-5-13(18)2/h5-9,20H,11H2,1-4H3. The number of nitrogens with one attached hydrogen (secondary N) is 1. The average molecular weight is 264 g/mol. The van der Waals surface area contributed by atoms with Crippen LogP contribution in [0.25, 0.3) is 0 Å². The minimum atomic E-state index is 0.690. The summed E-state index contributed by atoms with van der Waals surface area (Å²) in [6.07, 6.45) is 0. The van der Waals surface area contributed by atoms with E-state index in [4.69, 9.17) is 5.26 Å². The Bertz CT molecular complexity index is 655. The van der Waals surface area contributed by atoms with Crippen LogP contribution < -0.4 is 5.32 Å². The van der Waals surface area contributed by atoms with Gasteiger partial charge in [0.2, 0.25) is 0 Å². The highest BCUT2D eigenvalue weighted by Gasteiger charge is 2.05. The van der Waals surface area contributed by atoms with E-state index in [0.29, 0.717) is 5.56 Å². The van der Waals surface area contributed by atoms with Gasteiger partial charge in [-0.1, -0.05) is 23.8 Å². The molecule has 0 atom stereocenters. The van der Waals surface area contributed by atoms with Crippen LogP contribution in [-0.4, -0.2) is 0 Å². The summed E-state index contributed by atoms with van der Waals surface area (Å²) < 4.78 is 0. The Hall–Kier alpha value is -2.27. The monoisotopic (exact) mass is 264 g/mol. The first-order valence-corrected chi connectivity index (χ1v) is 6.82. The molecule has 2 rings (SSSR count). The first-order valence-electron chi connectivity index (χ1n) is 6.82. The van der Waals surface area contributed by atoms with E-state index in [1.54, 1.807) is 0 Å². The van der Waals surface area contributed by atoms with E-state index >= 15 is 0 Å². The molecule has 0 bridgehead atoms. The molecule has 0 aliphatic rings. The van der Waals surface area contributed by atoms with Gasteiger partial charge in [-0.2, -0.15) is 5.26 Å². The highest BCUT2D eigenvalue weighted by molar-refractivity contribution is 5.56. The Balaban J connectivity index is 2.24. The van der Waals surface area contributed by atoms with Crippen LogP contribution in [0.5, 0.6) is 0 Å². The second kappa shape index (κ2) is 5.79. The van der Waals surface area contributed by atoms with E-state index in [-0.39, 0.29) is 0 Å². The Morgan fingerprint density at radius 1 is 0.950 bits per heavy atom. The summed E-state index contributed by atoms with van der Waals surface area (Å²) >= 11 is 0. The van der Waals surface area contributed by atoms with Crippen molar-refractivity contribution in [1.29, 1.82) is 5.26 Å². The maximum atomic E-state index is 8.98. The number of hydrogen-bond donors (Lipinski definition) is 1. The molecule has 0 aliphatic carbocycles. The van der Waals surface area contributed by atoms with Gasteiger partial charge < -0.3 is 5.32 Å². The molecule has 1 N–H and O–H groups in total. The van der Waals surface area contributed by atoms with E-state index in [1.807, 2.05) is 18.2 Å². The van der Waals surface area contributed by atoms with Crippen molar-refractivity contribution < 1.29 is 0 Å². The van der Waals surface area contributed by atoms with Gasteiger partial charge in [0, 0.05) is 12.2 Å². The molecule has 2 heteroatoms. The molecule has 0 saturated carbocycles. The Kier molecular flexibility index (Phi) is 4.10. The van der Waals surface area contributed by atoms with Gasteiger partial charge in [0.1, 0.15) is 0 Å². The molecule has 0 spiro atoms. The zero-order valence-corrected chi connectivity index (χ0v) is 12.5. The fraction of sp³-hybridized carbons (Fsp3) is 0.278. The average Bonchev–Trinajstić information content (AvgIpc) is 2.39. The summed E-state index contributed by atoms with van der Waals surface area (Å²) in [7, 11) is 0. The molecule has 0 unspecified atom stereocenters. The first-order chi connectivity index (χ1) is 9.51. The van der Waals surface area contributed by atoms with Crippen LogP contribution in [0.2, 0.25) is 0 Å². The van der Waals surface area contributed by atoms with Gasteiger partial charge in [-0.05, 0) is 62.1 Å². The maximum absolute atomic E-state index is 8.98. The van der Waals surface area contributed by atoms with Crippen LogP contribution in [0.3, 0.4) is 0 Å². The number of aryl methyl sites for hydroxylation is 4. The summed E-state index contributed by atoms with van der Waals surface area (Å²) in [6.45, 7) is 9.26. The largest absolute Gasteiger partial charge is 0.381 e. The predicted molar refractivity (Wildman–Crippen MR) is 83.9 cm³/mol. The third kappa shape index (κ3) is 3.00. The molecular formula is C18H20N2. The summed E-state index contributed by atoms with van der Waals surface area (Å²) in [4.78, 5) is 0. The molecule has 0 heterocycles. The van der Waals surface area contributed by atoms with Crippen molar-refractivity contribution in [2.45, 2.75) is 34.2 Å². The van der Waals surface area contributed by atoms with Crippen molar-refractivity contribution in [3.63, 3.8) is 0 Å². The number of nitriles is 1. The molecule has 0 aromatic heterocycles. The predicted octanol–water partition coefficient (Wildman–Crippen LogP) is 4.40. The minimum absolute atomic E-state index is 0.690. The molecule has 2 nitrogen and oxygen atoms in total. The van der Waals surface area contributed by atoms with Crippen molar-refractivity contribution in [3.05, 3.63) is 63.7 Å². The van der Waals surface area contributed by atoms with Crippen molar-refractivity contribution >= 4 is 5.69 Å². The van der Waals surface area contributed by atoms with Gasteiger partial charge in [-0.15, -0.1) is 0 Å². The van der Waals surface area contributed by atoms with E-state index < -0.39 is 0 Å². The van der Waals surface area contributed by atoms with Crippen molar-refractivity contribution in [2.75, 3.05) is 5.32 Å². The Morgan fingerprint density at radius 2 is 1.60 bits per heavy atom. The summed E-state index contributed by atoms with van der Waals surface area (Å²) in [5.41, 5.74) is 8.13. The minimum Gasteiger partial charge on any atom is -0.381 e. The van der Waals surface area contributed by atoms with Crippen LogP contribution in [0, 0.1) is 39.0 Å². The molecule has 20 heavy (non-hydrogen) atoms. The molecule has 0 aliphatic heterocycles. The third-order valence-electron chi connectivity index (χ3n) is 3.66. The number of hydrogen-bond acceptors (Lipinski definition) is 2. The smallest absolute Gasteiger partial charge is 0.0992 e. The van der Waals surface area contributed by atoms with Crippen LogP contribution in [0.1, 0.15) is 33.4 Å². The normalized spacial score (nSPS) is 10.2. The molecular weight excluding hydrogens is 244 g/mol. The number of nitrogens with zero attached hydrogens (tertiary/aromatic N) is 1. The summed E-state index contributed by atoms with van der Waals surface area (Å²) in [6, 6.07) is 12.3. The van der Waals surface area contributed by atoms with E-state index in [2.05, 4.69) is 51.2 Å². The summed E-state index contributed by atoms with van der Waals surface area (Å²) in [5, 5.41) is 12.4. The quantitative estimate of drug-likeness (QED) is 0.891. The van der Waals surface area contributed by atoms with Crippen LogP contribution in [0.4, 0.5) is 5.69 Å². The number of benzene rings is 2.